The summed E-state index contributed by atoms with van der Waals surface area (Å²) in [6.45, 7) is 0. The van der Waals surface area contributed by atoms with Gasteiger partial charge in [-0.25, -0.2) is 0 Å². The van der Waals surface area contributed by atoms with E-state index >= 15 is 0 Å². The van der Waals surface area contributed by atoms with E-state index in [4.69, 9.17) is 19.9 Å². The van der Waals surface area contributed by atoms with E-state index in [0.717, 1.165) is 0 Å². The summed E-state index contributed by atoms with van der Waals surface area (Å²) in [6, 6.07) is 0. The first-order valence-corrected chi connectivity index (χ1v) is 6.23. The van der Waals surface area contributed by atoms with Crippen LogP contribution in [0.1, 0.15) is 0 Å². The number of nitrogens with two attached hydrogens (primary N) is 2. The topological polar surface area (TPSA) is 190 Å². The highest BCUT2D eigenvalue weighted by molar-refractivity contribution is 7.87. The number of ether oxygens (including phenoxy) is 1. The summed E-state index contributed by atoms with van der Waals surface area (Å²) in [7, 11) is -9.73. The summed E-state index contributed by atoms with van der Waals surface area (Å²) in [4.78, 5) is 0. The van der Waals surface area contributed by atoms with Gasteiger partial charge in [0.15, 0.2) is 12.2 Å². The maximum Gasteiger partial charge on any atom is 0.313 e. The van der Waals surface area contributed by atoms with Crippen LogP contribution in [0, 0.1) is 0 Å². The molecule has 7 N–H and O–H groups in total. The molecule has 0 spiro atoms. The molecule has 0 amide bonds. The Morgan fingerprint density at radius 3 is 1.93 bits per heavy atom. The Labute approximate surface area is 85.3 Å². The molecular formula is C3H10N2O8S2. The van der Waals surface area contributed by atoms with E-state index in [2.05, 4.69) is 10.5 Å². The van der Waals surface area contributed by atoms with Crippen molar-refractivity contribution in [2.45, 2.75) is 11.3 Å². The zero-order valence-electron chi connectivity index (χ0n) is 7.14. The maximum absolute atomic E-state index is 10.4. The minimum absolute atomic E-state index is 1.39. The molecule has 10 nitrogen and oxygen atoms in total. The second-order valence-corrected chi connectivity index (χ2v) is 5.52. The molecule has 15 heavy (non-hydrogen) atoms. The molecule has 2 unspecified atom stereocenters. The highest BCUT2D eigenvalue weighted by atomic mass is 32.2. The zero-order valence-corrected chi connectivity index (χ0v) is 8.77. The Bertz CT molecular complexity index is 409. The van der Waals surface area contributed by atoms with E-state index in [9.17, 15) is 16.8 Å². The van der Waals surface area contributed by atoms with Gasteiger partial charge in [-0.15, -0.1) is 0 Å². The van der Waals surface area contributed by atoms with Gasteiger partial charge in [-0.3, -0.25) is 14.8 Å². The molecule has 2 atom stereocenters. The van der Waals surface area contributed by atoms with Crippen molar-refractivity contribution in [2.24, 2.45) is 11.5 Å². The SMILES string of the molecule is NC(OCS(=O)(=O)O)C(N)(O)S(=O)(=O)O. The monoisotopic (exact) mass is 266 g/mol. The Balaban J connectivity index is 4.68. The first kappa shape index (κ1) is 14.7. The van der Waals surface area contributed by atoms with Crippen LogP contribution in [-0.4, -0.2) is 48.3 Å². The van der Waals surface area contributed by atoms with E-state index in [1.54, 1.807) is 0 Å². The number of hydrogen-bond donors (Lipinski definition) is 5. The zero-order chi connectivity index (χ0) is 12.5. The Hall–Kier alpha value is -0.340. The average molecular weight is 266 g/mol. The van der Waals surface area contributed by atoms with Gasteiger partial charge in [0.2, 0.25) is 0 Å². The molecule has 0 aromatic heterocycles. The second kappa shape index (κ2) is 4.26. The first-order valence-electron chi connectivity index (χ1n) is 3.18. The molecule has 0 rings (SSSR count). The third-order valence-electron chi connectivity index (χ3n) is 1.22. The van der Waals surface area contributed by atoms with Gasteiger partial charge >= 0.3 is 10.1 Å². The Morgan fingerprint density at radius 1 is 1.27 bits per heavy atom. The molecule has 0 aliphatic carbocycles. The summed E-state index contributed by atoms with van der Waals surface area (Å²) in [5.41, 5.74) is 9.49. The van der Waals surface area contributed by atoms with Gasteiger partial charge in [-0.05, 0) is 0 Å². The predicted molar refractivity (Wildman–Crippen MR) is 46.2 cm³/mol. The van der Waals surface area contributed by atoms with E-state index in [1.807, 2.05) is 0 Å². The van der Waals surface area contributed by atoms with Gasteiger partial charge in [0, 0.05) is 0 Å². The van der Waals surface area contributed by atoms with Gasteiger partial charge in [0.1, 0.15) is 0 Å². The third kappa shape index (κ3) is 4.35. The first-order chi connectivity index (χ1) is 6.38. The lowest BCUT2D eigenvalue weighted by Crippen LogP contribution is -2.61. The predicted octanol–water partition coefficient (Wildman–Crippen LogP) is -3.37. The molecule has 0 aliphatic rings. The maximum atomic E-state index is 10.4. The molecule has 12 heteroatoms. The normalized spacial score (nSPS) is 19.5. The van der Waals surface area contributed by atoms with E-state index in [1.165, 1.54) is 0 Å². The Kier molecular flexibility index (Phi) is 4.17. The molecule has 0 aromatic carbocycles. The summed E-state index contributed by atoms with van der Waals surface area (Å²) >= 11 is 0. The van der Waals surface area contributed by atoms with Crippen molar-refractivity contribution >= 4 is 20.2 Å². The molecule has 0 fully saturated rings. The van der Waals surface area contributed by atoms with Crippen molar-refractivity contribution in [3.8, 4) is 0 Å². The van der Waals surface area contributed by atoms with Crippen LogP contribution >= 0.6 is 0 Å². The summed E-state index contributed by atoms with van der Waals surface area (Å²) in [5, 5.41) is 5.55. The summed E-state index contributed by atoms with van der Waals surface area (Å²) in [5.74, 6) is -1.39. The van der Waals surface area contributed by atoms with Crippen LogP contribution in [-0.2, 0) is 25.0 Å². The van der Waals surface area contributed by atoms with Crippen molar-refractivity contribution in [1.82, 2.24) is 0 Å². The highest BCUT2D eigenvalue weighted by Crippen LogP contribution is 2.10. The van der Waals surface area contributed by atoms with Crippen molar-refractivity contribution < 1.29 is 35.8 Å². The van der Waals surface area contributed by atoms with Gasteiger partial charge in [-0.2, -0.15) is 16.8 Å². The summed E-state index contributed by atoms with van der Waals surface area (Å²) in [6.07, 6.45) is -2.26. The fraction of sp³-hybridized carbons (Fsp3) is 1.00. The van der Waals surface area contributed by atoms with Gasteiger partial charge in [-0.1, -0.05) is 0 Å². The molecule has 0 bridgehead atoms. The van der Waals surface area contributed by atoms with Crippen LogP contribution in [0.25, 0.3) is 0 Å². The van der Waals surface area contributed by atoms with E-state index in [0.29, 0.717) is 0 Å². The van der Waals surface area contributed by atoms with Crippen LogP contribution in [0.2, 0.25) is 0 Å². The molecule has 0 radical (unpaired) electrons. The fourth-order valence-electron chi connectivity index (χ4n) is 0.425. The van der Waals surface area contributed by atoms with Gasteiger partial charge < -0.3 is 15.6 Å². The third-order valence-corrected chi connectivity index (χ3v) is 2.71. The van der Waals surface area contributed by atoms with Crippen LogP contribution in [0.15, 0.2) is 0 Å². The quantitative estimate of drug-likeness (QED) is 0.248. The van der Waals surface area contributed by atoms with E-state index < -0.39 is 37.5 Å². The van der Waals surface area contributed by atoms with E-state index in [-0.39, 0.29) is 0 Å². The highest BCUT2D eigenvalue weighted by Gasteiger charge is 2.44. The fourth-order valence-corrected chi connectivity index (χ4v) is 1.11. The van der Waals surface area contributed by atoms with Gasteiger partial charge in [0.05, 0.1) is 0 Å². The average Bonchev–Trinajstić information content (AvgIpc) is 1.96. The molecule has 0 saturated heterocycles. The second-order valence-electron chi connectivity index (χ2n) is 2.51. The number of rotatable bonds is 5. The number of hydrogen-bond acceptors (Lipinski definition) is 8. The van der Waals surface area contributed by atoms with Crippen LogP contribution in [0.5, 0.6) is 0 Å². The molecule has 0 saturated carbocycles. The molecule has 0 heterocycles. The summed E-state index contributed by atoms with van der Waals surface area (Å²) < 4.78 is 61.7. The van der Waals surface area contributed by atoms with Crippen LogP contribution in [0.3, 0.4) is 0 Å². The van der Waals surface area contributed by atoms with Crippen molar-refractivity contribution in [1.29, 1.82) is 0 Å². The minimum atomic E-state index is -5.16. The molecule has 0 aliphatic heterocycles. The lowest BCUT2D eigenvalue weighted by atomic mass is 10.5. The minimum Gasteiger partial charge on any atom is -0.358 e. The van der Waals surface area contributed by atoms with Crippen molar-refractivity contribution in [2.75, 3.05) is 5.94 Å². The smallest absolute Gasteiger partial charge is 0.313 e. The standard InChI is InChI=1S/C3H10N2O8S2/c4-2(13-1-14(7,8)9)3(5,6)15(10,11)12/h2,6H,1,4-5H2,(H,7,8,9)(H,10,11,12). The lowest BCUT2D eigenvalue weighted by Gasteiger charge is -2.25. The van der Waals surface area contributed by atoms with Gasteiger partial charge in [0.25, 0.3) is 15.2 Å². The van der Waals surface area contributed by atoms with Crippen molar-refractivity contribution in [3.05, 3.63) is 0 Å². The molecule has 92 valence electrons. The number of aliphatic hydroxyl groups is 1. The van der Waals surface area contributed by atoms with Crippen LogP contribution in [0.4, 0.5) is 0 Å². The molecule has 0 aromatic rings. The molecular weight excluding hydrogens is 256 g/mol. The Morgan fingerprint density at radius 2 is 1.67 bits per heavy atom. The largest absolute Gasteiger partial charge is 0.358 e. The van der Waals surface area contributed by atoms with Crippen LogP contribution < -0.4 is 11.5 Å². The lowest BCUT2D eigenvalue weighted by molar-refractivity contribution is -0.0452. The van der Waals surface area contributed by atoms with Crippen molar-refractivity contribution in [3.63, 3.8) is 0 Å².